The first-order chi connectivity index (χ1) is 21.1. The third-order valence-electron chi connectivity index (χ3n) is 9.24. The number of aliphatic carboxylic acids is 1. The van der Waals surface area contributed by atoms with Crippen molar-refractivity contribution in [3.05, 3.63) is 63.8 Å². The summed E-state index contributed by atoms with van der Waals surface area (Å²) in [5, 5.41) is 9.58. The van der Waals surface area contributed by atoms with Crippen LogP contribution in [0, 0.1) is 32.6 Å². The molecule has 11 heteroatoms. The average Bonchev–Trinajstić information content (AvgIpc) is 3.56. The quantitative estimate of drug-likeness (QED) is 0.394. The monoisotopic (exact) mass is 622 g/mol. The summed E-state index contributed by atoms with van der Waals surface area (Å²) < 4.78 is 0. The van der Waals surface area contributed by atoms with Crippen LogP contribution in [0.1, 0.15) is 59.4 Å². The second-order valence-corrected chi connectivity index (χ2v) is 12.8. The lowest BCUT2D eigenvalue weighted by atomic mass is 9.94. The van der Waals surface area contributed by atoms with E-state index >= 15 is 0 Å². The lowest BCUT2D eigenvalue weighted by Crippen LogP contribution is -2.44. The molecule has 0 aliphatic carbocycles. The Kier molecular flexibility index (Phi) is 10.3. The molecule has 10 nitrogen and oxygen atoms in total. The zero-order valence-electron chi connectivity index (χ0n) is 26.0. The van der Waals surface area contributed by atoms with Crippen molar-refractivity contribution in [2.75, 3.05) is 57.3 Å². The van der Waals surface area contributed by atoms with E-state index in [0.717, 1.165) is 69.8 Å². The molecule has 2 saturated heterocycles. The Morgan fingerprint density at radius 1 is 1.00 bits per heavy atom. The first-order valence-corrected chi connectivity index (χ1v) is 16.0. The number of piperidine rings is 1. The van der Waals surface area contributed by atoms with E-state index in [9.17, 15) is 14.4 Å². The maximum Gasteiger partial charge on any atom is 0.303 e. The van der Waals surface area contributed by atoms with Gasteiger partial charge in [-0.05, 0) is 89.4 Å². The number of fused-ring (bicyclic) bond motifs is 1. The van der Waals surface area contributed by atoms with Crippen molar-refractivity contribution in [1.82, 2.24) is 24.7 Å². The molecule has 2 aromatic rings. The van der Waals surface area contributed by atoms with Crippen molar-refractivity contribution >= 4 is 35.1 Å². The summed E-state index contributed by atoms with van der Waals surface area (Å²) in [7, 11) is 0. The maximum absolute atomic E-state index is 13.9. The highest BCUT2D eigenvalue weighted by atomic mass is 35.5. The highest BCUT2D eigenvalue weighted by Gasteiger charge is 2.36. The van der Waals surface area contributed by atoms with Crippen molar-refractivity contribution in [3.63, 3.8) is 0 Å². The number of amides is 2. The Balaban J connectivity index is 1.17. The van der Waals surface area contributed by atoms with E-state index in [1.165, 1.54) is 11.9 Å². The van der Waals surface area contributed by atoms with E-state index in [1.807, 2.05) is 55.0 Å². The predicted molar refractivity (Wildman–Crippen MR) is 170 cm³/mol. The smallest absolute Gasteiger partial charge is 0.303 e. The van der Waals surface area contributed by atoms with Crippen LogP contribution in [-0.2, 0) is 9.59 Å². The number of carbonyl (C=O) groups excluding carboxylic acids is 2. The van der Waals surface area contributed by atoms with E-state index in [1.54, 1.807) is 0 Å². The molecule has 5 rings (SSSR count). The normalized spacial score (nSPS) is 19.2. The second kappa shape index (κ2) is 14.2. The van der Waals surface area contributed by atoms with Gasteiger partial charge >= 0.3 is 5.97 Å². The van der Waals surface area contributed by atoms with Gasteiger partial charge in [0, 0.05) is 67.9 Å². The molecular weight excluding hydrogens is 580 g/mol. The summed E-state index contributed by atoms with van der Waals surface area (Å²) in [6.07, 6.45) is 6.68. The van der Waals surface area contributed by atoms with Crippen LogP contribution >= 0.6 is 11.6 Å². The number of hydrogen-bond acceptors (Lipinski definition) is 7. The third kappa shape index (κ3) is 7.47. The van der Waals surface area contributed by atoms with Gasteiger partial charge in [-0.2, -0.15) is 0 Å². The Morgan fingerprint density at radius 2 is 1.70 bits per heavy atom. The highest BCUT2D eigenvalue weighted by Crippen LogP contribution is 2.32. The van der Waals surface area contributed by atoms with Crippen LogP contribution in [-0.4, -0.2) is 99.9 Å². The predicted octanol–water partition coefficient (Wildman–Crippen LogP) is 4.33. The highest BCUT2D eigenvalue weighted by molar-refractivity contribution is 6.31. The number of halogens is 1. The lowest BCUT2D eigenvalue weighted by molar-refractivity contribution is -0.137. The number of carboxylic acids is 1. The molecule has 2 amide bonds. The molecule has 1 unspecified atom stereocenters. The molecule has 236 valence electrons. The van der Waals surface area contributed by atoms with Gasteiger partial charge in [-0.15, -0.1) is 0 Å². The molecule has 0 bridgehead atoms. The summed E-state index contributed by atoms with van der Waals surface area (Å²) >= 11 is 6.48. The number of carbonyl (C=O) groups is 3. The number of aryl methyl sites for hydroxylation is 3. The van der Waals surface area contributed by atoms with Gasteiger partial charge in [-0.3, -0.25) is 19.3 Å². The molecule has 1 aromatic carbocycles. The van der Waals surface area contributed by atoms with Crippen LogP contribution < -0.4 is 4.90 Å². The molecule has 2 fully saturated rings. The zero-order valence-corrected chi connectivity index (χ0v) is 26.7. The number of aromatic nitrogens is 2. The largest absolute Gasteiger partial charge is 0.481 e. The van der Waals surface area contributed by atoms with Gasteiger partial charge in [0.15, 0.2) is 0 Å². The van der Waals surface area contributed by atoms with Crippen LogP contribution in [0.5, 0.6) is 0 Å². The summed E-state index contributed by atoms with van der Waals surface area (Å²) in [6.45, 7) is 11.9. The van der Waals surface area contributed by atoms with Crippen molar-refractivity contribution in [2.45, 2.75) is 52.9 Å². The van der Waals surface area contributed by atoms with E-state index in [4.69, 9.17) is 16.7 Å². The van der Waals surface area contributed by atoms with Crippen molar-refractivity contribution < 1.29 is 19.5 Å². The minimum absolute atomic E-state index is 0.0361. The van der Waals surface area contributed by atoms with Crippen molar-refractivity contribution in [3.8, 4) is 0 Å². The summed E-state index contributed by atoms with van der Waals surface area (Å²) in [5.74, 6) is -0.407. The van der Waals surface area contributed by atoms with Crippen LogP contribution in [0.15, 0.2) is 36.3 Å². The first-order valence-electron chi connectivity index (χ1n) is 15.6. The standard InChI is InChI=1S/C33H43ClN6O4/c1-22-7-8-28(16-29(22)34)40(32(43)25-9-14-37(15-10-25)11-4-6-30(41)42)13-5-12-38-17-26-19-39(20-27(26)18-38)33(44)31-23(2)35-21-36-24(31)3/h7-8,16,19,21,25,27H,4-6,9-15,17-18,20H2,1-3H3,(H,41,42). The van der Waals surface area contributed by atoms with Gasteiger partial charge in [0.1, 0.15) is 6.33 Å². The molecule has 0 spiro atoms. The van der Waals surface area contributed by atoms with E-state index in [-0.39, 0.29) is 24.2 Å². The first kappa shape index (κ1) is 32.1. The number of likely N-dealkylation sites (tertiary alicyclic amines) is 2. The van der Waals surface area contributed by atoms with E-state index in [0.29, 0.717) is 47.4 Å². The Morgan fingerprint density at radius 3 is 2.36 bits per heavy atom. The van der Waals surface area contributed by atoms with Gasteiger partial charge in [0.25, 0.3) is 5.91 Å². The van der Waals surface area contributed by atoms with Gasteiger partial charge in [-0.25, -0.2) is 9.97 Å². The van der Waals surface area contributed by atoms with Crippen LogP contribution in [0.2, 0.25) is 5.02 Å². The average molecular weight is 623 g/mol. The minimum atomic E-state index is -0.767. The van der Waals surface area contributed by atoms with E-state index in [2.05, 4.69) is 19.8 Å². The molecule has 4 heterocycles. The fraction of sp³-hybridized carbons (Fsp3) is 0.545. The Bertz CT molecular complexity index is 1400. The van der Waals surface area contributed by atoms with Gasteiger partial charge < -0.3 is 19.8 Å². The molecular formula is C33H43ClN6O4. The number of hydrogen-bond donors (Lipinski definition) is 1. The fourth-order valence-corrected chi connectivity index (χ4v) is 6.87. The summed E-state index contributed by atoms with van der Waals surface area (Å²) in [4.78, 5) is 54.8. The lowest BCUT2D eigenvalue weighted by Gasteiger charge is -2.34. The molecule has 0 radical (unpaired) electrons. The molecule has 3 aliphatic heterocycles. The SMILES string of the molecule is Cc1ccc(N(CCCN2CC3=CN(C(=O)c4c(C)ncnc4C)CC3C2)C(=O)C2CCN(CCCC(=O)O)CC2)cc1Cl. The maximum atomic E-state index is 13.9. The van der Waals surface area contributed by atoms with Crippen molar-refractivity contribution in [1.29, 1.82) is 0 Å². The van der Waals surface area contributed by atoms with Gasteiger partial charge in [0.05, 0.1) is 17.0 Å². The fourth-order valence-electron chi connectivity index (χ4n) is 6.70. The van der Waals surface area contributed by atoms with Crippen LogP contribution in [0.4, 0.5) is 5.69 Å². The number of nitrogens with zero attached hydrogens (tertiary/aromatic N) is 6. The Labute approximate surface area is 264 Å². The van der Waals surface area contributed by atoms with Gasteiger partial charge in [-0.1, -0.05) is 17.7 Å². The number of carboxylic acid groups (broad SMARTS) is 1. The molecule has 44 heavy (non-hydrogen) atoms. The van der Waals surface area contributed by atoms with Crippen LogP contribution in [0.3, 0.4) is 0 Å². The van der Waals surface area contributed by atoms with E-state index < -0.39 is 5.97 Å². The summed E-state index contributed by atoms with van der Waals surface area (Å²) in [6, 6.07) is 5.85. The second-order valence-electron chi connectivity index (χ2n) is 12.4. The topological polar surface area (TPSA) is 110 Å². The number of anilines is 1. The summed E-state index contributed by atoms with van der Waals surface area (Å²) in [5.41, 5.74) is 5.08. The van der Waals surface area contributed by atoms with Crippen LogP contribution in [0.25, 0.3) is 0 Å². The molecule has 1 aromatic heterocycles. The van der Waals surface area contributed by atoms with Crippen molar-refractivity contribution in [2.24, 2.45) is 11.8 Å². The molecule has 1 N–H and O–H groups in total. The molecule has 3 aliphatic rings. The van der Waals surface area contributed by atoms with Gasteiger partial charge in [0.2, 0.25) is 5.91 Å². The number of rotatable bonds is 11. The zero-order chi connectivity index (χ0) is 31.4. The third-order valence-corrected chi connectivity index (χ3v) is 9.65. The Hall–Kier alpha value is -3.34. The molecule has 0 saturated carbocycles. The molecule has 1 atom stereocenters. The minimum Gasteiger partial charge on any atom is -0.481 e. The number of benzene rings is 1.